The Hall–Kier alpha value is -1.46. The lowest BCUT2D eigenvalue weighted by Gasteiger charge is -2.25. The third-order valence-electron chi connectivity index (χ3n) is 4.28. The van der Waals surface area contributed by atoms with Crippen LogP contribution in [0.4, 0.5) is 0 Å². The first-order valence-electron chi connectivity index (χ1n) is 7.44. The Bertz CT molecular complexity index is 607. The number of hydrogen-bond donors (Lipinski definition) is 1. The summed E-state index contributed by atoms with van der Waals surface area (Å²) in [4.78, 5) is 18.7. The Morgan fingerprint density at radius 3 is 3.05 bits per heavy atom. The predicted octanol–water partition coefficient (Wildman–Crippen LogP) is 2.46. The van der Waals surface area contributed by atoms with E-state index in [1.54, 1.807) is 11.3 Å². The number of nitrogens with zero attached hydrogens (tertiary/aromatic N) is 2. The zero-order valence-electron chi connectivity index (χ0n) is 12.2. The summed E-state index contributed by atoms with van der Waals surface area (Å²) in [7, 11) is 0. The molecule has 112 valence electrons. The molecule has 0 radical (unpaired) electrons. The van der Waals surface area contributed by atoms with Crippen molar-refractivity contribution in [2.24, 2.45) is 5.92 Å². The van der Waals surface area contributed by atoms with E-state index in [1.165, 1.54) is 4.70 Å². The largest absolute Gasteiger partial charge is 0.394 e. The van der Waals surface area contributed by atoms with Gasteiger partial charge in [-0.2, -0.15) is 0 Å². The van der Waals surface area contributed by atoms with Gasteiger partial charge in [-0.15, -0.1) is 11.3 Å². The Labute approximate surface area is 128 Å². The number of para-hydroxylation sites is 1. The molecule has 2 atom stereocenters. The fraction of sp³-hybridized carbons (Fsp3) is 0.500. The average molecular weight is 304 g/mol. The maximum atomic E-state index is 12.3. The van der Waals surface area contributed by atoms with Crippen LogP contribution in [0.25, 0.3) is 10.2 Å². The van der Waals surface area contributed by atoms with Crippen molar-refractivity contribution in [3.8, 4) is 0 Å². The first-order chi connectivity index (χ1) is 10.2. The predicted molar refractivity (Wildman–Crippen MR) is 84.3 cm³/mol. The standard InChI is InChI=1S/C16H20N2O2S/c1-11-8-9-18(13(11)10-19)16(20)7-6-15-17-12-4-2-3-5-14(12)21-15/h2-5,11,13,19H,6-10H2,1H3. The monoisotopic (exact) mass is 304 g/mol. The van der Waals surface area contributed by atoms with E-state index in [2.05, 4.69) is 18.0 Å². The van der Waals surface area contributed by atoms with Crippen LogP contribution in [-0.4, -0.2) is 40.1 Å². The highest BCUT2D eigenvalue weighted by Gasteiger charge is 2.33. The third-order valence-corrected chi connectivity index (χ3v) is 5.38. The number of likely N-dealkylation sites (tertiary alicyclic amines) is 1. The Morgan fingerprint density at radius 1 is 1.48 bits per heavy atom. The van der Waals surface area contributed by atoms with Gasteiger partial charge in [-0.05, 0) is 24.5 Å². The zero-order valence-corrected chi connectivity index (χ0v) is 13.0. The first-order valence-corrected chi connectivity index (χ1v) is 8.25. The molecule has 1 aromatic carbocycles. The number of carbonyl (C=O) groups is 1. The van der Waals surface area contributed by atoms with Crippen LogP contribution in [0.1, 0.15) is 24.8 Å². The van der Waals surface area contributed by atoms with E-state index >= 15 is 0 Å². The maximum Gasteiger partial charge on any atom is 0.223 e. The summed E-state index contributed by atoms with van der Waals surface area (Å²) in [6, 6.07) is 8.04. The Balaban J connectivity index is 1.63. The van der Waals surface area contributed by atoms with Gasteiger partial charge in [0.25, 0.3) is 0 Å². The molecule has 21 heavy (non-hydrogen) atoms. The molecule has 1 saturated heterocycles. The minimum absolute atomic E-state index is 0.00660. The van der Waals surface area contributed by atoms with Crippen molar-refractivity contribution in [3.05, 3.63) is 29.3 Å². The number of fused-ring (bicyclic) bond motifs is 1. The number of aryl methyl sites for hydroxylation is 1. The van der Waals surface area contributed by atoms with Crippen molar-refractivity contribution in [1.29, 1.82) is 0 Å². The molecule has 1 amide bonds. The summed E-state index contributed by atoms with van der Waals surface area (Å²) < 4.78 is 1.17. The normalized spacial score (nSPS) is 22.1. The number of hydrogen-bond acceptors (Lipinski definition) is 4. The van der Waals surface area contributed by atoms with Crippen molar-refractivity contribution in [1.82, 2.24) is 9.88 Å². The summed E-state index contributed by atoms with van der Waals surface area (Å²) >= 11 is 1.66. The number of carbonyl (C=O) groups excluding carboxylic acids is 1. The molecule has 2 heterocycles. The fourth-order valence-corrected chi connectivity index (χ4v) is 3.95. The van der Waals surface area contributed by atoms with Crippen molar-refractivity contribution in [2.45, 2.75) is 32.2 Å². The third kappa shape index (κ3) is 2.94. The van der Waals surface area contributed by atoms with Crippen LogP contribution in [0.5, 0.6) is 0 Å². The highest BCUT2D eigenvalue weighted by molar-refractivity contribution is 7.18. The molecule has 3 rings (SSSR count). The lowest BCUT2D eigenvalue weighted by Crippen LogP contribution is -2.39. The minimum atomic E-state index is -0.00660. The van der Waals surface area contributed by atoms with Gasteiger partial charge >= 0.3 is 0 Å². The molecule has 2 aromatic rings. The molecule has 5 heteroatoms. The smallest absolute Gasteiger partial charge is 0.223 e. The van der Waals surface area contributed by atoms with Gasteiger partial charge in [0.15, 0.2) is 0 Å². The molecule has 2 unspecified atom stereocenters. The molecule has 0 spiro atoms. The van der Waals surface area contributed by atoms with Gasteiger partial charge in [-0.1, -0.05) is 19.1 Å². The summed E-state index contributed by atoms with van der Waals surface area (Å²) in [5.74, 6) is 0.527. The van der Waals surface area contributed by atoms with Gasteiger partial charge in [0.05, 0.1) is 27.9 Å². The van der Waals surface area contributed by atoms with Crippen LogP contribution >= 0.6 is 11.3 Å². The van der Waals surface area contributed by atoms with Crippen LogP contribution in [0.3, 0.4) is 0 Å². The lowest BCUT2D eigenvalue weighted by atomic mass is 10.0. The number of thiazole rings is 1. The molecule has 1 N–H and O–H groups in total. The highest BCUT2D eigenvalue weighted by Crippen LogP contribution is 2.26. The lowest BCUT2D eigenvalue weighted by molar-refractivity contribution is -0.133. The van der Waals surface area contributed by atoms with Crippen LogP contribution in [0.15, 0.2) is 24.3 Å². The van der Waals surface area contributed by atoms with Crippen LogP contribution < -0.4 is 0 Å². The minimum Gasteiger partial charge on any atom is -0.394 e. The molecule has 0 bridgehead atoms. The molecule has 1 aliphatic rings. The fourth-order valence-electron chi connectivity index (χ4n) is 2.98. The van der Waals surface area contributed by atoms with Crippen LogP contribution in [-0.2, 0) is 11.2 Å². The second kappa shape index (κ2) is 6.12. The molecular weight excluding hydrogens is 284 g/mol. The van der Waals surface area contributed by atoms with Crippen LogP contribution in [0, 0.1) is 5.92 Å². The van der Waals surface area contributed by atoms with E-state index < -0.39 is 0 Å². The van der Waals surface area contributed by atoms with Crippen molar-refractivity contribution >= 4 is 27.5 Å². The van der Waals surface area contributed by atoms with E-state index in [0.29, 0.717) is 18.8 Å². The number of aliphatic hydroxyl groups is 1. The van der Waals surface area contributed by atoms with Gasteiger partial charge in [0.2, 0.25) is 5.91 Å². The molecule has 1 fully saturated rings. The summed E-state index contributed by atoms with van der Waals surface area (Å²) in [5, 5.41) is 10.4. The van der Waals surface area contributed by atoms with Crippen molar-refractivity contribution < 1.29 is 9.90 Å². The van der Waals surface area contributed by atoms with Gasteiger partial charge in [0.1, 0.15) is 0 Å². The second-order valence-corrected chi connectivity index (χ2v) is 6.79. The van der Waals surface area contributed by atoms with E-state index in [-0.39, 0.29) is 18.6 Å². The summed E-state index contributed by atoms with van der Waals surface area (Å²) in [6.45, 7) is 2.93. The van der Waals surface area contributed by atoms with Gasteiger partial charge in [0, 0.05) is 19.4 Å². The molecular formula is C16H20N2O2S. The van der Waals surface area contributed by atoms with Crippen LogP contribution in [0.2, 0.25) is 0 Å². The Kier molecular flexibility index (Phi) is 4.22. The number of aliphatic hydroxyl groups excluding tert-OH is 1. The van der Waals surface area contributed by atoms with E-state index in [9.17, 15) is 9.90 Å². The number of rotatable bonds is 4. The first kappa shape index (κ1) is 14.5. The highest BCUT2D eigenvalue weighted by atomic mass is 32.1. The van der Waals surface area contributed by atoms with Gasteiger partial charge in [-0.25, -0.2) is 4.98 Å². The molecule has 1 aliphatic heterocycles. The number of benzene rings is 1. The molecule has 1 aromatic heterocycles. The van der Waals surface area contributed by atoms with Crippen molar-refractivity contribution in [2.75, 3.05) is 13.2 Å². The maximum absolute atomic E-state index is 12.3. The Morgan fingerprint density at radius 2 is 2.29 bits per heavy atom. The second-order valence-electron chi connectivity index (χ2n) is 5.68. The quantitative estimate of drug-likeness (QED) is 0.944. The molecule has 0 saturated carbocycles. The SMILES string of the molecule is CC1CCN(C(=O)CCc2nc3ccccc3s2)C1CO. The average Bonchev–Trinajstić information content (AvgIpc) is 3.07. The van der Waals surface area contributed by atoms with Gasteiger partial charge < -0.3 is 10.0 Å². The van der Waals surface area contributed by atoms with Crippen molar-refractivity contribution in [3.63, 3.8) is 0 Å². The summed E-state index contributed by atoms with van der Waals surface area (Å²) in [6.07, 6.45) is 2.14. The topological polar surface area (TPSA) is 53.4 Å². The summed E-state index contributed by atoms with van der Waals surface area (Å²) in [5.41, 5.74) is 1.01. The number of aromatic nitrogens is 1. The van der Waals surface area contributed by atoms with Gasteiger partial charge in [-0.3, -0.25) is 4.79 Å². The molecule has 4 nitrogen and oxygen atoms in total. The number of amides is 1. The van der Waals surface area contributed by atoms with E-state index in [1.807, 2.05) is 23.1 Å². The zero-order chi connectivity index (χ0) is 14.8. The molecule has 0 aliphatic carbocycles. The van der Waals surface area contributed by atoms with E-state index in [4.69, 9.17) is 0 Å². The van der Waals surface area contributed by atoms with E-state index in [0.717, 1.165) is 23.5 Å².